The van der Waals surface area contributed by atoms with Crippen LogP contribution < -0.4 is 5.56 Å². The van der Waals surface area contributed by atoms with Gasteiger partial charge in [0, 0.05) is 11.3 Å². The topological polar surface area (TPSA) is 70.4 Å². The highest BCUT2D eigenvalue weighted by Crippen LogP contribution is 2.36. The van der Waals surface area contributed by atoms with Crippen molar-refractivity contribution in [3.63, 3.8) is 0 Å². The first-order valence-corrected chi connectivity index (χ1v) is 11.6. The van der Waals surface area contributed by atoms with Crippen LogP contribution in [-0.2, 0) is 27.3 Å². The van der Waals surface area contributed by atoms with Crippen LogP contribution in [0.25, 0.3) is 15.9 Å². The number of benzene rings is 1. The van der Waals surface area contributed by atoms with Crippen LogP contribution in [0.1, 0.15) is 31.2 Å². The summed E-state index contributed by atoms with van der Waals surface area (Å²) in [5, 5.41) is 0.664. The van der Waals surface area contributed by atoms with Gasteiger partial charge in [-0.15, -0.1) is 11.3 Å². The van der Waals surface area contributed by atoms with E-state index in [1.54, 1.807) is 11.5 Å². The van der Waals surface area contributed by atoms with Gasteiger partial charge >= 0.3 is 5.97 Å². The number of aromatic nitrogens is 2. The van der Waals surface area contributed by atoms with Gasteiger partial charge in [-0.2, -0.15) is 0 Å². The molecule has 0 amide bonds. The smallest absolute Gasteiger partial charge is 0.318 e. The minimum atomic E-state index is -0.488. The summed E-state index contributed by atoms with van der Waals surface area (Å²) in [6.07, 6.45) is 0.803. The van der Waals surface area contributed by atoms with Crippen molar-refractivity contribution in [3.8, 4) is 5.69 Å². The summed E-state index contributed by atoms with van der Waals surface area (Å²) in [5.74, 6) is 0.0146. The van der Waals surface area contributed by atoms with Gasteiger partial charge < -0.3 is 9.47 Å². The minimum Gasteiger partial charge on any atom is -0.468 e. The maximum absolute atomic E-state index is 13.7. The lowest BCUT2D eigenvalue weighted by Crippen LogP contribution is -2.28. The molecule has 3 aromatic rings. The van der Waals surface area contributed by atoms with Crippen LogP contribution in [-0.4, -0.2) is 34.0 Å². The largest absolute Gasteiger partial charge is 0.468 e. The van der Waals surface area contributed by atoms with E-state index in [9.17, 15) is 9.59 Å². The fraction of sp³-hybridized carbons (Fsp3) is 0.409. The molecule has 30 heavy (non-hydrogen) atoms. The molecule has 1 aromatic carbocycles. The SMILES string of the molecule is COC(=O)[C@@H](C)Sc1nc2sc3c(c2c(=O)n1-c1ccccc1)C[C@@H](C(C)C)OC3. The van der Waals surface area contributed by atoms with E-state index < -0.39 is 5.25 Å². The summed E-state index contributed by atoms with van der Waals surface area (Å²) < 4.78 is 12.5. The van der Waals surface area contributed by atoms with Gasteiger partial charge in [0.2, 0.25) is 0 Å². The zero-order chi connectivity index (χ0) is 21.4. The number of rotatable bonds is 5. The number of nitrogens with zero attached hydrogens (tertiary/aromatic N) is 2. The number of hydrogen-bond acceptors (Lipinski definition) is 7. The number of thiophene rings is 1. The van der Waals surface area contributed by atoms with Crippen LogP contribution in [0, 0.1) is 5.92 Å². The maximum atomic E-state index is 13.7. The molecule has 8 heteroatoms. The Balaban J connectivity index is 1.92. The van der Waals surface area contributed by atoms with Crippen LogP contribution in [0.3, 0.4) is 0 Å². The maximum Gasteiger partial charge on any atom is 0.318 e. The third kappa shape index (κ3) is 3.79. The molecule has 158 valence electrons. The van der Waals surface area contributed by atoms with E-state index in [0.29, 0.717) is 34.3 Å². The molecule has 0 fully saturated rings. The molecule has 0 saturated carbocycles. The Labute approximate surface area is 183 Å². The summed E-state index contributed by atoms with van der Waals surface area (Å²) in [6.45, 7) is 6.52. The predicted molar refractivity (Wildman–Crippen MR) is 120 cm³/mol. The van der Waals surface area contributed by atoms with E-state index in [1.165, 1.54) is 30.2 Å². The van der Waals surface area contributed by atoms with Crippen molar-refractivity contribution in [2.75, 3.05) is 7.11 Å². The van der Waals surface area contributed by atoms with Crippen LogP contribution >= 0.6 is 23.1 Å². The zero-order valence-electron chi connectivity index (χ0n) is 17.4. The van der Waals surface area contributed by atoms with Crippen molar-refractivity contribution < 1.29 is 14.3 Å². The lowest BCUT2D eigenvalue weighted by Gasteiger charge is -2.26. The lowest BCUT2D eigenvalue weighted by molar-refractivity contribution is -0.139. The monoisotopic (exact) mass is 444 g/mol. The predicted octanol–water partition coefficient (Wildman–Crippen LogP) is 4.20. The molecule has 2 aromatic heterocycles. The van der Waals surface area contributed by atoms with Gasteiger partial charge in [0.1, 0.15) is 10.1 Å². The number of esters is 1. The first-order chi connectivity index (χ1) is 14.4. The van der Waals surface area contributed by atoms with Crippen molar-refractivity contribution in [1.82, 2.24) is 9.55 Å². The minimum absolute atomic E-state index is 0.0910. The van der Waals surface area contributed by atoms with Crippen LogP contribution in [0.2, 0.25) is 0 Å². The standard InChI is InChI=1S/C22H24N2O4S2/c1-12(2)16-10-15-17(11-28-16)30-19-18(15)20(25)24(14-8-6-5-7-9-14)22(23-19)29-13(3)21(26)27-4/h5-9,12-13,16H,10-11H2,1-4H3/t13-,16+/m1/s1. The van der Waals surface area contributed by atoms with Crippen molar-refractivity contribution in [2.45, 2.75) is 50.3 Å². The Bertz CT molecular complexity index is 1140. The second-order valence-corrected chi connectivity index (χ2v) is 10.0. The molecule has 1 aliphatic heterocycles. The number of hydrogen-bond donors (Lipinski definition) is 0. The third-order valence-corrected chi connectivity index (χ3v) is 7.41. The Morgan fingerprint density at radius 3 is 2.70 bits per heavy atom. The lowest BCUT2D eigenvalue weighted by atomic mass is 9.96. The molecule has 0 spiro atoms. The van der Waals surface area contributed by atoms with Gasteiger partial charge in [-0.05, 0) is 30.5 Å². The van der Waals surface area contributed by atoms with Gasteiger partial charge in [0.05, 0.1) is 30.9 Å². The zero-order valence-corrected chi connectivity index (χ0v) is 19.0. The van der Waals surface area contributed by atoms with E-state index in [1.807, 2.05) is 30.3 Å². The van der Waals surface area contributed by atoms with Crippen LogP contribution in [0.15, 0.2) is 40.3 Å². The molecule has 0 N–H and O–H groups in total. The molecule has 6 nitrogen and oxygen atoms in total. The van der Waals surface area contributed by atoms with Crippen LogP contribution in [0.5, 0.6) is 0 Å². The summed E-state index contributed by atoms with van der Waals surface area (Å²) >= 11 is 2.74. The molecule has 1 aliphatic rings. The molecule has 0 bridgehead atoms. The van der Waals surface area contributed by atoms with E-state index in [-0.39, 0.29) is 17.6 Å². The number of carbonyl (C=O) groups is 1. The van der Waals surface area contributed by atoms with Gasteiger partial charge in [-0.1, -0.05) is 43.8 Å². The fourth-order valence-electron chi connectivity index (χ4n) is 3.59. The molecule has 4 rings (SSSR count). The van der Waals surface area contributed by atoms with Gasteiger partial charge in [0.15, 0.2) is 5.16 Å². The molecule has 2 atom stereocenters. The molecule has 3 heterocycles. The first kappa shape index (κ1) is 21.1. The quantitative estimate of drug-likeness (QED) is 0.334. The van der Waals surface area contributed by atoms with Gasteiger partial charge in [0.25, 0.3) is 5.56 Å². The Morgan fingerprint density at radius 2 is 2.03 bits per heavy atom. The normalized spacial score (nSPS) is 17.2. The summed E-state index contributed by atoms with van der Waals surface area (Å²) in [4.78, 5) is 32.3. The highest BCUT2D eigenvalue weighted by Gasteiger charge is 2.29. The highest BCUT2D eigenvalue weighted by atomic mass is 32.2. The number of methoxy groups -OCH3 is 1. The summed E-state index contributed by atoms with van der Waals surface area (Å²) in [5.41, 5.74) is 1.68. The highest BCUT2D eigenvalue weighted by molar-refractivity contribution is 8.00. The average Bonchev–Trinajstić information content (AvgIpc) is 3.11. The molecule has 0 unspecified atom stereocenters. The van der Waals surface area contributed by atoms with Gasteiger partial charge in [-0.25, -0.2) is 4.98 Å². The molecular formula is C22H24N2O4S2. The third-order valence-electron chi connectivity index (χ3n) is 5.28. The first-order valence-electron chi connectivity index (χ1n) is 9.89. The Kier molecular flexibility index (Phi) is 5.99. The van der Waals surface area contributed by atoms with Crippen molar-refractivity contribution >= 4 is 39.3 Å². The Hall–Kier alpha value is -2.16. The number of fused-ring (bicyclic) bond motifs is 3. The summed E-state index contributed by atoms with van der Waals surface area (Å²) in [6, 6.07) is 9.43. The van der Waals surface area contributed by atoms with Crippen LogP contribution in [0.4, 0.5) is 0 Å². The number of ether oxygens (including phenoxy) is 2. The van der Waals surface area contributed by atoms with Crippen molar-refractivity contribution in [1.29, 1.82) is 0 Å². The second-order valence-electron chi connectivity index (χ2n) is 7.64. The van der Waals surface area contributed by atoms with E-state index in [0.717, 1.165) is 16.1 Å². The second kappa shape index (κ2) is 8.53. The molecule has 0 saturated heterocycles. The molecule has 0 aliphatic carbocycles. The van der Waals surface area contributed by atoms with Crippen molar-refractivity contribution in [3.05, 3.63) is 51.1 Å². The number of para-hydroxylation sites is 1. The fourth-order valence-corrected chi connectivity index (χ4v) is 5.71. The molecular weight excluding hydrogens is 420 g/mol. The average molecular weight is 445 g/mol. The number of carbonyl (C=O) groups excluding carboxylic acids is 1. The van der Waals surface area contributed by atoms with Gasteiger partial charge in [-0.3, -0.25) is 14.2 Å². The Morgan fingerprint density at radius 1 is 1.30 bits per heavy atom. The summed E-state index contributed by atoms with van der Waals surface area (Å²) in [7, 11) is 1.36. The van der Waals surface area contributed by atoms with E-state index >= 15 is 0 Å². The number of thioether (sulfide) groups is 1. The van der Waals surface area contributed by atoms with Crippen molar-refractivity contribution in [2.24, 2.45) is 5.92 Å². The van der Waals surface area contributed by atoms with E-state index in [2.05, 4.69) is 13.8 Å². The van der Waals surface area contributed by atoms with E-state index in [4.69, 9.17) is 14.5 Å². The molecule has 0 radical (unpaired) electrons.